The summed E-state index contributed by atoms with van der Waals surface area (Å²) < 4.78 is 19.5. The third-order valence-electron chi connectivity index (χ3n) is 5.44. The van der Waals surface area contributed by atoms with Crippen LogP contribution in [0.2, 0.25) is 0 Å². The fourth-order valence-electron chi connectivity index (χ4n) is 3.51. The zero-order chi connectivity index (χ0) is 23.7. The molecule has 0 atom stereocenters. The molecule has 0 saturated carbocycles. The molecule has 2 aromatic rings. The molecule has 0 fully saturated rings. The minimum atomic E-state index is -0.649. The lowest BCUT2D eigenvalue weighted by Gasteiger charge is -2.07. The summed E-state index contributed by atoms with van der Waals surface area (Å²) >= 11 is 0. The molecule has 1 N–H and O–H groups in total. The van der Waals surface area contributed by atoms with E-state index in [4.69, 9.17) is 4.74 Å². The predicted molar refractivity (Wildman–Crippen MR) is 132 cm³/mol. The van der Waals surface area contributed by atoms with E-state index in [9.17, 15) is 14.4 Å². The van der Waals surface area contributed by atoms with Crippen LogP contribution in [0.3, 0.4) is 0 Å². The summed E-state index contributed by atoms with van der Waals surface area (Å²) in [7, 11) is 0. The van der Waals surface area contributed by atoms with Crippen molar-refractivity contribution in [1.29, 1.82) is 5.26 Å². The van der Waals surface area contributed by atoms with Crippen molar-refractivity contribution < 1.29 is 13.9 Å². The van der Waals surface area contributed by atoms with E-state index in [1.165, 1.54) is 82.1 Å². The first-order chi connectivity index (χ1) is 16.1. The number of nitrogens with one attached hydrogen (secondary N) is 1. The third kappa shape index (κ3) is 10.4. The molecular weight excluding hydrogens is 415 g/mol. The van der Waals surface area contributed by atoms with Gasteiger partial charge in [-0.25, -0.2) is 4.39 Å². The van der Waals surface area contributed by atoms with Crippen LogP contribution in [0.15, 0.2) is 54.1 Å². The molecular formula is C28H35FN2O2. The van der Waals surface area contributed by atoms with Crippen LogP contribution < -0.4 is 10.1 Å². The van der Waals surface area contributed by atoms with Crippen LogP contribution in [-0.4, -0.2) is 12.5 Å². The summed E-state index contributed by atoms with van der Waals surface area (Å²) in [5.74, 6) is -0.437. The molecule has 0 unspecified atom stereocenters. The second-order valence-electron chi connectivity index (χ2n) is 8.20. The van der Waals surface area contributed by atoms with Gasteiger partial charge < -0.3 is 10.1 Å². The molecule has 5 heteroatoms. The van der Waals surface area contributed by atoms with Gasteiger partial charge in [-0.15, -0.1) is 0 Å². The number of carbonyl (C=O) groups is 1. The van der Waals surface area contributed by atoms with Gasteiger partial charge in [0.2, 0.25) is 0 Å². The van der Waals surface area contributed by atoms with E-state index in [0.29, 0.717) is 12.2 Å². The number of benzene rings is 2. The highest BCUT2D eigenvalue weighted by Gasteiger charge is 2.11. The summed E-state index contributed by atoms with van der Waals surface area (Å²) in [6.45, 7) is 2.93. The van der Waals surface area contributed by atoms with Crippen molar-refractivity contribution in [1.82, 2.24) is 0 Å². The molecule has 0 aliphatic carbocycles. The quantitative estimate of drug-likeness (QED) is 0.172. The largest absolute Gasteiger partial charge is 0.494 e. The Morgan fingerprint density at radius 3 is 2.15 bits per heavy atom. The first-order valence-corrected chi connectivity index (χ1v) is 12.0. The number of anilines is 1. The molecule has 0 saturated heterocycles. The maximum Gasteiger partial charge on any atom is 0.266 e. The highest BCUT2D eigenvalue weighted by atomic mass is 19.1. The Balaban J connectivity index is 1.70. The smallest absolute Gasteiger partial charge is 0.266 e. The van der Waals surface area contributed by atoms with Crippen LogP contribution in [0.25, 0.3) is 6.08 Å². The van der Waals surface area contributed by atoms with Gasteiger partial charge in [-0.05, 0) is 42.3 Å². The standard InChI is InChI=1S/C28H35FN2O2/c1-2-3-4-5-6-7-8-9-10-13-20-33-25-18-16-23(17-19-25)21-24(22-30)28(32)31-27-15-12-11-14-26(27)29/h11-12,14-19,21H,2-10,13,20H2,1H3,(H,31,32). The van der Waals surface area contributed by atoms with Crippen molar-refractivity contribution in [3.63, 3.8) is 0 Å². The molecule has 0 bridgehead atoms. The lowest BCUT2D eigenvalue weighted by molar-refractivity contribution is -0.112. The average molecular weight is 451 g/mol. The summed E-state index contributed by atoms with van der Waals surface area (Å²) in [5, 5.41) is 11.8. The lowest BCUT2D eigenvalue weighted by Crippen LogP contribution is -2.14. The van der Waals surface area contributed by atoms with Crippen LogP contribution in [0, 0.1) is 17.1 Å². The average Bonchev–Trinajstić information content (AvgIpc) is 2.83. The van der Waals surface area contributed by atoms with Gasteiger partial charge in [0, 0.05) is 0 Å². The summed E-state index contributed by atoms with van der Waals surface area (Å²) in [5.41, 5.74) is 0.637. The molecule has 0 aromatic heterocycles. The number of unbranched alkanes of at least 4 members (excludes halogenated alkanes) is 9. The number of hydrogen-bond acceptors (Lipinski definition) is 3. The van der Waals surface area contributed by atoms with Gasteiger partial charge in [0.15, 0.2) is 0 Å². The molecule has 1 amide bonds. The summed E-state index contributed by atoms with van der Waals surface area (Å²) in [6.07, 6.45) is 14.3. The van der Waals surface area contributed by atoms with E-state index in [1.54, 1.807) is 18.2 Å². The van der Waals surface area contributed by atoms with Crippen molar-refractivity contribution in [3.8, 4) is 11.8 Å². The number of carbonyl (C=O) groups excluding carboxylic acids is 1. The second-order valence-corrected chi connectivity index (χ2v) is 8.20. The summed E-state index contributed by atoms with van der Waals surface area (Å²) in [6, 6.07) is 15.0. The minimum Gasteiger partial charge on any atom is -0.494 e. The van der Waals surface area contributed by atoms with E-state index in [1.807, 2.05) is 18.2 Å². The zero-order valence-corrected chi connectivity index (χ0v) is 19.6. The monoisotopic (exact) mass is 450 g/mol. The molecule has 2 aromatic carbocycles. The lowest BCUT2D eigenvalue weighted by atomic mass is 10.1. The fourth-order valence-corrected chi connectivity index (χ4v) is 3.51. The normalized spacial score (nSPS) is 11.1. The van der Waals surface area contributed by atoms with Gasteiger partial charge in [0.05, 0.1) is 12.3 Å². The van der Waals surface area contributed by atoms with Crippen LogP contribution in [0.1, 0.15) is 76.7 Å². The maximum atomic E-state index is 13.7. The molecule has 0 aliphatic rings. The molecule has 0 aliphatic heterocycles. The number of nitriles is 1. The van der Waals surface area contributed by atoms with Crippen molar-refractivity contribution >= 4 is 17.7 Å². The number of ether oxygens (including phenoxy) is 1. The highest BCUT2D eigenvalue weighted by molar-refractivity contribution is 6.09. The van der Waals surface area contributed by atoms with Crippen LogP contribution in [0.5, 0.6) is 5.75 Å². The number of rotatable bonds is 15. The molecule has 0 radical (unpaired) electrons. The first kappa shape index (κ1) is 26.1. The van der Waals surface area contributed by atoms with Gasteiger partial charge in [-0.1, -0.05) is 89.0 Å². The van der Waals surface area contributed by atoms with Gasteiger partial charge in [-0.2, -0.15) is 5.26 Å². The van der Waals surface area contributed by atoms with Crippen LogP contribution in [-0.2, 0) is 4.79 Å². The Labute approximate surface area is 197 Å². The Bertz CT molecular complexity index is 916. The van der Waals surface area contributed by atoms with Gasteiger partial charge in [0.1, 0.15) is 23.2 Å². The number of hydrogen-bond donors (Lipinski definition) is 1. The van der Waals surface area contributed by atoms with E-state index in [2.05, 4.69) is 12.2 Å². The minimum absolute atomic E-state index is 0.0411. The van der Waals surface area contributed by atoms with Crippen molar-refractivity contribution in [2.75, 3.05) is 11.9 Å². The molecule has 176 valence electrons. The van der Waals surface area contributed by atoms with Gasteiger partial charge >= 0.3 is 0 Å². The van der Waals surface area contributed by atoms with Gasteiger partial charge in [-0.3, -0.25) is 4.79 Å². The first-order valence-electron chi connectivity index (χ1n) is 12.0. The van der Waals surface area contributed by atoms with E-state index < -0.39 is 11.7 Å². The number of nitrogens with zero attached hydrogens (tertiary/aromatic N) is 1. The fraction of sp³-hybridized carbons (Fsp3) is 0.429. The van der Waals surface area contributed by atoms with E-state index in [-0.39, 0.29) is 11.3 Å². The highest BCUT2D eigenvalue weighted by Crippen LogP contribution is 2.18. The van der Waals surface area contributed by atoms with Crippen molar-refractivity contribution in [2.45, 2.75) is 71.1 Å². The zero-order valence-electron chi connectivity index (χ0n) is 19.6. The van der Waals surface area contributed by atoms with E-state index in [0.717, 1.165) is 12.2 Å². The Morgan fingerprint density at radius 1 is 0.939 bits per heavy atom. The maximum absolute atomic E-state index is 13.7. The second kappa shape index (κ2) is 15.6. The van der Waals surface area contributed by atoms with Gasteiger partial charge in [0.25, 0.3) is 5.91 Å². The molecule has 0 spiro atoms. The van der Waals surface area contributed by atoms with Crippen molar-refractivity contribution in [3.05, 3.63) is 65.5 Å². The molecule has 33 heavy (non-hydrogen) atoms. The number of para-hydroxylation sites is 1. The third-order valence-corrected chi connectivity index (χ3v) is 5.44. The summed E-state index contributed by atoms with van der Waals surface area (Å²) in [4.78, 5) is 12.3. The number of halogens is 1. The Hall–Kier alpha value is -3.13. The number of amides is 1. The Kier molecular flexibility index (Phi) is 12.4. The van der Waals surface area contributed by atoms with Crippen LogP contribution >= 0.6 is 0 Å². The molecule has 2 rings (SSSR count). The predicted octanol–water partition coefficient (Wildman–Crippen LogP) is 7.67. The Morgan fingerprint density at radius 2 is 1.55 bits per heavy atom. The SMILES string of the molecule is CCCCCCCCCCCCOc1ccc(C=C(C#N)C(=O)Nc2ccccc2F)cc1. The topological polar surface area (TPSA) is 62.1 Å². The van der Waals surface area contributed by atoms with Crippen molar-refractivity contribution in [2.24, 2.45) is 0 Å². The molecule has 0 heterocycles. The molecule has 4 nitrogen and oxygen atoms in total. The van der Waals surface area contributed by atoms with E-state index >= 15 is 0 Å². The van der Waals surface area contributed by atoms with Crippen LogP contribution in [0.4, 0.5) is 10.1 Å².